The number of carbonyl (C=O) groups is 2. The van der Waals surface area contributed by atoms with Crippen LogP contribution in [0.2, 0.25) is 0 Å². The molecule has 0 spiro atoms. The predicted octanol–water partition coefficient (Wildman–Crippen LogP) is 2.53. The van der Waals surface area contributed by atoms with Crippen LogP contribution in [0.15, 0.2) is 18.2 Å². The zero-order valence-electron chi connectivity index (χ0n) is 13.0. The quantitative estimate of drug-likeness (QED) is 0.910. The summed E-state index contributed by atoms with van der Waals surface area (Å²) in [5, 5.41) is 2.84. The van der Waals surface area contributed by atoms with Gasteiger partial charge < -0.3 is 15.0 Å². The third kappa shape index (κ3) is 3.35. The van der Waals surface area contributed by atoms with E-state index >= 15 is 0 Å². The number of hydrogen-bond donors (Lipinski definition) is 1. The highest BCUT2D eigenvalue weighted by molar-refractivity contribution is 6.00. The summed E-state index contributed by atoms with van der Waals surface area (Å²) in [5.74, 6) is 0.429. The van der Waals surface area contributed by atoms with E-state index in [1.807, 2.05) is 27.7 Å². The van der Waals surface area contributed by atoms with Crippen LogP contribution in [0.1, 0.15) is 38.1 Å². The first kappa shape index (κ1) is 15.4. The van der Waals surface area contributed by atoms with E-state index in [4.69, 9.17) is 4.74 Å². The molecule has 0 aliphatic carbocycles. The molecule has 1 N–H and O–H groups in total. The highest BCUT2D eigenvalue weighted by Crippen LogP contribution is 2.27. The number of anilines is 1. The van der Waals surface area contributed by atoms with Gasteiger partial charge in [0.1, 0.15) is 12.4 Å². The highest BCUT2D eigenvalue weighted by atomic mass is 16.5. The van der Waals surface area contributed by atoms with E-state index in [-0.39, 0.29) is 11.8 Å². The Morgan fingerprint density at radius 1 is 1.38 bits per heavy atom. The lowest BCUT2D eigenvalue weighted by molar-refractivity contribution is -0.123. The minimum absolute atomic E-state index is 0.0585. The van der Waals surface area contributed by atoms with Gasteiger partial charge >= 0.3 is 0 Å². The van der Waals surface area contributed by atoms with E-state index in [0.29, 0.717) is 36.7 Å². The maximum Gasteiger partial charge on any atom is 0.257 e. The smallest absolute Gasteiger partial charge is 0.257 e. The maximum absolute atomic E-state index is 12.4. The lowest BCUT2D eigenvalue weighted by Gasteiger charge is -2.19. The molecule has 1 aromatic rings. The Labute approximate surface area is 125 Å². The lowest BCUT2D eigenvalue weighted by atomic mass is 9.95. The number of carbonyl (C=O) groups excluding carboxylic acids is 2. The van der Waals surface area contributed by atoms with Gasteiger partial charge in [-0.05, 0) is 25.1 Å². The Balaban J connectivity index is 2.29. The molecule has 1 heterocycles. The molecule has 1 aromatic carbocycles. The van der Waals surface area contributed by atoms with Gasteiger partial charge in [-0.1, -0.05) is 20.8 Å². The van der Waals surface area contributed by atoms with Crippen molar-refractivity contribution in [2.24, 2.45) is 5.41 Å². The van der Waals surface area contributed by atoms with Crippen molar-refractivity contribution >= 4 is 17.5 Å². The molecule has 5 nitrogen and oxygen atoms in total. The number of rotatable bonds is 2. The molecule has 0 radical (unpaired) electrons. The van der Waals surface area contributed by atoms with E-state index in [0.717, 1.165) is 0 Å². The minimum Gasteiger partial charge on any atom is -0.491 e. The van der Waals surface area contributed by atoms with Crippen LogP contribution >= 0.6 is 0 Å². The summed E-state index contributed by atoms with van der Waals surface area (Å²) >= 11 is 0. The molecule has 0 atom stereocenters. The summed E-state index contributed by atoms with van der Waals surface area (Å²) in [6, 6.07) is 5.19. The number of fused-ring (bicyclic) bond motifs is 1. The van der Waals surface area contributed by atoms with E-state index in [1.165, 1.54) is 0 Å². The molecule has 1 aliphatic rings. The second-order valence-corrected chi connectivity index (χ2v) is 6.15. The van der Waals surface area contributed by atoms with Crippen molar-refractivity contribution in [2.75, 3.05) is 25.0 Å². The van der Waals surface area contributed by atoms with Gasteiger partial charge in [0.05, 0.1) is 12.1 Å². The summed E-state index contributed by atoms with van der Waals surface area (Å²) in [6.07, 6.45) is 0. The van der Waals surface area contributed by atoms with Gasteiger partial charge in [0, 0.05) is 17.6 Å². The minimum atomic E-state index is -0.483. The average Bonchev–Trinajstić information content (AvgIpc) is 2.57. The van der Waals surface area contributed by atoms with Crippen LogP contribution in [-0.2, 0) is 4.79 Å². The molecule has 21 heavy (non-hydrogen) atoms. The van der Waals surface area contributed by atoms with Crippen molar-refractivity contribution in [1.82, 2.24) is 4.90 Å². The summed E-state index contributed by atoms with van der Waals surface area (Å²) in [6.45, 7) is 9.18. The first-order valence-corrected chi connectivity index (χ1v) is 7.20. The highest BCUT2D eigenvalue weighted by Gasteiger charge is 2.25. The SMILES string of the molecule is CCN1CCOc2ccc(NC(=O)C(C)(C)C)cc2C1=O. The number of benzene rings is 1. The second kappa shape index (κ2) is 5.76. The molecule has 0 saturated heterocycles. The third-order valence-electron chi connectivity index (χ3n) is 3.44. The monoisotopic (exact) mass is 290 g/mol. The second-order valence-electron chi connectivity index (χ2n) is 6.15. The Morgan fingerprint density at radius 2 is 2.10 bits per heavy atom. The van der Waals surface area contributed by atoms with Gasteiger partial charge in [0.2, 0.25) is 5.91 Å². The van der Waals surface area contributed by atoms with E-state index in [2.05, 4.69) is 5.32 Å². The number of likely N-dealkylation sites (N-methyl/N-ethyl adjacent to an activating group) is 1. The fourth-order valence-corrected chi connectivity index (χ4v) is 2.06. The molecule has 0 unspecified atom stereocenters. The van der Waals surface area contributed by atoms with Gasteiger partial charge in [0.25, 0.3) is 5.91 Å². The first-order valence-electron chi connectivity index (χ1n) is 7.20. The number of nitrogens with zero attached hydrogens (tertiary/aromatic N) is 1. The molecule has 0 fully saturated rings. The zero-order chi connectivity index (χ0) is 15.6. The van der Waals surface area contributed by atoms with Gasteiger partial charge in [-0.25, -0.2) is 0 Å². The molecule has 2 rings (SSSR count). The molecule has 114 valence electrons. The Bertz CT molecular complexity index is 561. The molecule has 5 heteroatoms. The summed E-state index contributed by atoms with van der Waals surface area (Å²) in [7, 11) is 0. The number of ether oxygens (including phenoxy) is 1. The first-order chi connectivity index (χ1) is 9.82. The molecule has 0 aromatic heterocycles. The number of amides is 2. The van der Waals surface area contributed by atoms with Crippen molar-refractivity contribution in [3.05, 3.63) is 23.8 Å². The van der Waals surface area contributed by atoms with Crippen LogP contribution in [0.4, 0.5) is 5.69 Å². The Kier molecular flexibility index (Phi) is 4.21. The average molecular weight is 290 g/mol. The van der Waals surface area contributed by atoms with Gasteiger partial charge in [-0.2, -0.15) is 0 Å². The predicted molar refractivity (Wildman–Crippen MR) is 81.6 cm³/mol. The van der Waals surface area contributed by atoms with Gasteiger partial charge in [-0.3, -0.25) is 9.59 Å². The van der Waals surface area contributed by atoms with E-state index < -0.39 is 5.41 Å². The lowest BCUT2D eigenvalue weighted by Crippen LogP contribution is -2.32. The fraction of sp³-hybridized carbons (Fsp3) is 0.500. The Morgan fingerprint density at radius 3 is 2.71 bits per heavy atom. The normalized spacial score (nSPS) is 15.0. The zero-order valence-corrected chi connectivity index (χ0v) is 13.0. The van der Waals surface area contributed by atoms with Crippen LogP contribution in [0.25, 0.3) is 0 Å². The molecular formula is C16H22N2O3. The standard InChI is InChI=1S/C16H22N2O3/c1-5-18-8-9-21-13-7-6-11(10-12(13)14(18)19)17-15(20)16(2,3)4/h6-7,10H,5,8-9H2,1-4H3,(H,17,20). The summed E-state index contributed by atoms with van der Waals surface area (Å²) in [4.78, 5) is 26.2. The van der Waals surface area contributed by atoms with Crippen LogP contribution in [0, 0.1) is 5.41 Å². The van der Waals surface area contributed by atoms with E-state index in [1.54, 1.807) is 23.1 Å². The molecule has 1 aliphatic heterocycles. The number of nitrogens with one attached hydrogen (secondary N) is 1. The van der Waals surface area contributed by atoms with Crippen molar-refractivity contribution in [3.63, 3.8) is 0 Å². The van der Waals surface area contributed by atoms with Crippen LogP contribution in [0.5, 0.6) is 5.75 Å². The third-order valence-corrected chi connectivity index (χ3v) is 3.44. The van der Waals surface area contributed by atoms with Crippen molar-refractivity contribution in [3.8, 4) is 5.75 Å². The maximum atomic E-state index is 12.4. The van der Waals surface area contributed by atoms with Crippen molar-refractivity contribution < 1.29 is 14.3 Å². The molecule has 0 bridgehead atoms. The number of hydrogen-bond acceptors (Lipinski definition) is 3. The van der Waals surface area contributed by atoms with E-state index in [9.17, 15) is 9.59 Å². The summed E-state index contributed by atoms with van der Waals surface area (Å²) < 4.78 is 5.60. The van der Waals surface area contributed by atoms with Gasteiger partial charge in [0.15, 0.2) is 0 Å². The molecule has 2 amide bonds. The van der Waals surface area contributed by atoms with Crippen molar-refractivity contribution in [1.29, 1.82) is 0 Å². The fourth-order valence-electron chi connectivity index (χ4n) is 2.06. The Hall–Kier alpha value is -2.04. The molecular weight excluding hydrogens is 268 g/mol. The van der Waals surface area contributed by atoms with Crippen LogP contribution in [0.3, 0.4) is 0 Å². The van der Waals surface area contributed by atoms with Crippen molar-refractivity contribution in [2.45, 2.75) is 27.7 Å². The van der Waals surface area contributed by atoms with Crippen LogP contribution < -0.4 is 10.1 Å². The largest absolute Gasteiger partial charge is 0.491 e. The topological polar surface area (TPSA) is 58.6 Å². The summed E-state index contributed by atoms with van der Waals surface area (Å²) in [5.41, 5.74) is 0.632. The van der Waals surface area contributed by atoms with Gasteiger partial charge in [-0.15, -0.1) is 0 Å². The van der Waals surface area contributed by atoms with Crippen LogP contribution in [-0.4, -0.2) is 36.4 Å². The molecule has 0 saturated carbocycles.